The molecule has 1 aromatic rings. The fourth-order valence-corrected chi connectivity index (χ4v) is 3.38. The van der Waals surface area contributed by atoms with Gasteiger partial charge in [-0.2, -0.15) is 0 Å². The van der Waals surface area contributed by atoms with Crippen molar-refractivity contribution in [3.8, 4) is 0 Å². The molecule has 3 unspecified atom stereocenters. The maximum Gasteiger partial charge on any atom is 0.347 e. The van der Waals surface area contributed by atoms with Gasteiger partial charge in [0, 0.05) is 18.9 Å². The second-order valence-corrected chi connectivity index (χ2v) is 4.99. The maximum atomic E-state index is 11.5. The summed E-state index contributed by atoms with van der Waals surface area (Å²) in [6.07, 6.45) is 8.96. The molecule has 0 N–H and O–H groups in total. The van der Waals surface area contributed by atoms with Gasteiger partial charge < -0.3 is 0 Å². The molecule has 0 spiro atoms. The summed E-state index contributed by atoms with van der Waals surface area (Å²) in [6.45, 7) is 0.883. The zero-order valence-corrected chi connectivity index (χ0v) is 8.80. The van der Waals surface area contributed by atoms with Gasteiger partial charge in [-0.1, -0.05) is 6.42 Å². The second-order valence-electron chi connectivity index (χ2n) is 4.99. The minimum atomic E-state index is -0.0970. The smallest absolute Gasteiger partial charge is 0.299 e. The lowest BCUT2D eigenvalue weighted by atomic mass is 9.89. The van der Waals surface area contributed by atoms with Crippen molar-refractivity contribution in [1.29, 1.82) is 0 Å². The van der Waals surface area contributed by atoms with E-state index in [1.807, 2.05) is 12.3 Å². The lowest BCUT2D eigenvalue weighted by molar-refractivity contribution is 0.291. The maximum absolute atomic E-state index is 11.5. The highest BCUT2D eigenvalue weighted by Gasteiger charge is 2.39. The van der Waals surface area contributed by atoms with Crippen LogP contribution in [0.2, 0.25) is 0 Å². The van der Waals surface area contributed by atoms with Gasteiger partial charge in [0.1, 0.15) is 0 Å². The molecular formula is C12H16N2O. The number of hydrogen-bond acceptors (Lipinski definition) is 2. The molecule has 3 heteroatoms. The van der Waals surface area contributed by atoms with E-state index < -0.39 is 0 Å². The third-order valence-electron chi connectivity index (χ3n) is 4.10. The van der Waals surface area contributed by atoms with Crippen LogP contribution >= 0.6 is 0 Å². The molecule has 0 aliphatic heterocycles. The Morgan fingerprint density at radius 2 is 2.33 bits per heavy atom. The molecule has 2 saturated carbocycles. The summed E-state index contributed by atoms with van der Waals surface area (Å²) >= 11 is 0. The van der Waals surface area contributed by atoms with Gasteiger partial charge in [-0.05, 0) is 43.1 Å². The highest BCUT2D eigenvalue weighted by Crippen LogP contribution is 2.48. The SMILES string of the molecule is O=c1ncccn1CC1CC2CCC1C2. The average molecular weight is 204 g/mol. The molecule has 2 aliphatic carbocycles. The van der Waals surface area contributed by atoms with Gasteiger partial charge in [0.2, 0.25) is 0 Å². The molecule has 1 aromatic heterocycles. The Labute approximate surface area is 89.2 Å². The van der Waals surface area contributed by atoms with Crippen LogP contribution in [-0.4, -0.2) is 9.55 Å². The quantitative estimate of drug-likeness (QED) is 0.734. The van der Waals surface area contributed by atoms with Crippen LogP contribution in [0, 0.1) is 17.8 Å². The van der Waals surface area contributed by atoms with Gasteiger partial charge >= 0.3 is 5.69 Å². The molecule has 0 aromatic carbocycles. The Kier molecular flexibility index (Phi) is 2.11. The van der Waals surface area contributed by atoms with E-state index in [1.165, 1.54) is 25.7 Å². The van der Waals surface area contributed by atoms with Crippen LogP contribution in [0.25, 0.3) is 0 Å². The topological polar surface area (TPSA) is 34.9 Å². The number of rotatable bonds is 2. The predicted octanol–water partition coefficient (Wildman–Crippen LogP) is 1.68. The largest absolute Gasteiger partial charge is 0.347 e. The molecule has 3 atom stereocenters. The molecule has 15 heavy (non-hydrogen) atoms. The highest BCUT2D eigenvalue weighted by molar-refractivity contribution is 4.91. The van der Waals surface area contributed by atoms with Crippen LogP contribution in [-0.2, 0) is 6.54 Å². The normalized spacial score (nSPS) is 33.5. The first-order valence-corrected chi connectivity index (χ1v) is 5.84. The van der Waals surface area contributed by atoms with Crippen LogP contribution in [0.3, 0.4) is 0 Å². The molecule has 3 rings (SSSR count). The molecule has 1 heterocycles. The summed E-state index contributed by atoms with van der Waals surface area (Å²) in [5, 5.41) is 0. The Balaban J connectivity index is 1.76. The highest BCUT2D eigenvalue weighted by atomic mass is 16.1. The van der Waals surface area contributed by atoms with Crippen LogP contribution in [0.15, 0.2) is 23.3 Å². The third kappa shape index (κ3) is 1.60. The second kappa shape index (κ2) is 3.47. The van der Waals surface area contributed by atoms with Crippen molar-refractivity contribution in [1.82, 2.24) is 9.55 Å². The Morgan fingerprint density at radius 3 is 3.00 bits per heavy atom. The van der Waals surface area contributed by atoms with Crippen molar-refractivity contribution in [2.24, 2.45) is 17.8 Å². The number of nitrogens with zero attached hydrogens (tertiary/aromatic N) is 2. The van der Waals surface area contributed by atoms with Gasteiger partial charge in [-0.15, -0.1) is 0 Å². The summed E-state index contributed by atoms with van der Waals surface area (Å²) in [5.74, 6) is 2.56. The van der Waals surface area contributed by atoms with Gasteiger partial charge in [-0.3, -0.25) is 4.57 Å². The molecule has 2 aliphatic rings. The average Bonchev–Trinajstić information content (AvgIpc) is 2.83. The molecule has 2 bridgehead atoms. The van der Waals surface area contributed by atoms with Crippen LogP contribution < -0.4 is 5.69 Å². The van der Waals surface area contributed by atoms with Crippen molar-refractivity contribution < 1.29 is 0 Å². The van der Waals surface area contributed by atoms with E-state index in [0.29, 0.717) is 0 Å². The molecule has 0 radical (unpaired) electrons. The Hall–Kier alpha value is -1.12. The minimum absolute atomic E-state index is 0.0970. The standard InChI is InChI=1S/C12H16N2O/c15-12-13-4-1-5-14(12)8-11-7-9-2-3-10(11)6-9/h1,4-5,9-11H,2-3,6-8H2. The minimum Gasteiger partial charge on any atom is -0.299 e. The zero-order valence-electron chi connectivity index (χ0n) is 8.80. The monoisotopic (exact) mass is 204 g/mol. The fraction of sp³-hybridized carbons (Fsp3) is 0.667. The summed E-state index contributed by atoms with van der Waals surface area (Å²) in [5.41, 5.74) is -0.0970. The van der Waals surface area contributed by atoms with E-state index in [9.17, 15) is 4.79 Å². The van der Waals surface area contributed by atoms with Crippen molar-refractivity contribution >= 4 is 0 Å². The van der Waals surface area contributed by atoms with Crippen molar-refractivity contribution in [3.05, 3.63) is 28.9 Å². The molecular weight excluding hydrogens is 188 g/mol. The molecule has 80 valence electrons. The summed E-state index contributed by atoms with van der Waals surface area (Å²) < 4.78 is 1.77. The molecule has 0 saturated heterocycles. The Bertz CT molecular complexity index is 412. The summed E-state index contributed by atoms with van der Waals surface area (Å²) in [4.78, 5) is 15.3. The Morgan fingerprint density at radius 1 is 1.40 bits per heavy atom. The third-order valence-corrected chi connectivity index (χ3v) is 4.10. The van der Waals surface area contributed by atoms with Gasteiger partial charge in [0.15, 0.2) is 0 Å². The number of hydrogen-bond donors (Lipinski definition) is 0. The summed E-state index contributed by atoms with van der Waals surface area (Å²) in [6, 6.07) is 1.84. The van der Waals surface area contributed by atoms with E-state index in [4.69, 9.17) is 0 Å². The first-order valence-electron chi connectivity index (χ1n) is 5.84. The number of aromatic nitrogens is 2. The van der Waals surface area contributed by atoms with E-state index in [1.54, 1.807) is 10.8 Å². The fourth-order valence-electron chi connectivity index (χ4n) is 3.38. The first-order chi connectivity index (χ1) is 7.33. The van der Waals surface area contributed by atoms with Crippen LogP contribution in [0.4, 0.5) is 0 Å². The van der Waals surface area contributed by atoms with Crippen molar-refractivity contribution in [3.63, 3.8) is 0 Å². The van der Waals surface area contributed by atoms with Crippen molar-refractivity contribution in [2.75, 3.05) is 0 Å². The van der Waals surface area contributed by atoms with Crippen LogP contribution in [0.1, 0.15) is 25.7 Å². The van der Waals surface area contributed by atoms with Gasteiger partial charge in [-0.25, -0.2) is 9.78 Å². The molecule has 2 fully saturated rings. The first kappa shape index (κ1) is 9.13. The molecule has 0 amide bonds. The lowest BCUT2D eigenvalue weighted by Crippen LogP contribution is -2.27. The lowest BCUT2D eigenvalue weighted by Gasteiger charge is -2.21. The van der Waals surface area contributed by atoms with E-state index in [-0.39, 0.29) is 5.69 Å². The number of fused-ring (bicyclic) bond motifs is 2. The van der Waals surface area contributed by atoms with Crippen LogP contribution in [0.5, 0.6) is 0 Å². The van der Waals surface area contributed by atoms with E-state index in [0.717, 1.165) is 24.3 Å². The zero-order chi connectivity index (χ0) is 10.3. The van der Waals surface area contributed by atoms with Crippen molar-refractivity contribution in [2.45, 2.75) is 32.2 Å². The van der Waals surface area contributed by atoms with E-state index >= 15 is 0 Å². The van der Waals surface area contributed by atoms with Gasteiger partial charge in [0.25, 0.3) is 0 Å². The predicted molar refractivity (Wildman–Crippen MR) is 57.4 cm³/mol. The van der Waals surface area contributed by atoms with Gasteiger partial charge in [0.05, 0.1) is 0 Å². The van der Waals surface area contributed by atoms with E-state index in [2.05, 4.69) is 4.98 Å². The molecule has 3 nitrogen and oxygen atoms in total. The summed E-state index contributed by atoms with van der Waals surface area (Å²) in [7, 11) is 0.